The molecule has 1 aromatic carbocycles. The molecule has 0 bridgehead atoms. The van der Waals surface area contributed by atoms with Gasteiger partial charge in [0.15, 0.2) is 0 Å². The maximum Gasteiger partial charge on any atom is 0.0383 e. The molecule has 0 aliphatic rings. The normalized spacial score (nSPS) is 11.2. The van der Waals surface area contributed by atoms with E-state index in [4.69, 9.17) is 0 Å². The third-order valence-corrected chi connectivity index (χ3v) is 2.30. The third kappa shape index (κ3) is 5.30. The second-order valence-corrected chi connectivity index (χ2v) is 5.70. The molecule has 1 aromatic rings. The van der Waals surface area contributed by atoms with Crippen molar-refractivity contribution in [1.29, 1.82) is 0 Å². The third-order valence-electron chi connectivity index (χ3n) is 2.30. The standard InChI is InChI=1S/C15H27N3/c1-10(2)16-13-7-14(17-11(3)4)9-15(8-13)18-12(5)6/h7-12,16-18H,1-6H3. The second kappa shape index (κ2) is 6.53. The summed E-state index contributed by atoms with van der Waals surface area (Å²) in [5, 5.41) is 10.4. The molecule has 3 heteroatoms. The molecule has 0 heterocycles. The van der Waals surface area contributed by atoms with E-state index in [1.165, 1.54) is 0 Å². The quantitative estimate of drug-likeness (QED) is 0.709. The Balaban J connectivity index is 2.95. The van der Waals surface area contributed by atoms with Crippen molar-refractivity contribution in [1.82, 2.24) is 0 Å². The van der Waals surface area contributed by atoms with Crippen LogP contribution < -0.4 is 16.0 Å². The Bertz CT molecular complexity index is 301. The van der Waals surface area contributed by atoms with Crippen LogP contribution in [0.15, 0.2) is 18.2 Å². The van der Waals surface area contributed by atoms with Crippen LogP contribution in [0, 0.1) is 0 Å². The Labute approximate surface area is 111 Å². The highest BCUT2D eigenvalue weighted by atomic mass is 15.0. The molecule has 18 heavy (non-hydrogen) atoms. The van der Waals surface area contributed by atoms with Crippen LogP contribution in [0.3, 0.4) is 0 Å². The highest BCUT2D eigenvalue weighted by molar-refractivity contribution is 5.67. The average Bonchev–Trinajstić information content (AvgIpc) is 2.12. The summed E-state index contributed by atoms with van der Waals surface area (Å²) >= 11 is 0. The molecule has 102 valence electrons. The van der Waals surface area contributed by atoms with E-state index in [1.807, 2.05) is 0 Å². The van der Waals surface area contributed by atoms with Crippen molar-refractivity contribution < 1.29 is 0 Å². The zero-order valence-electron chi connectivity index (χ0n) is 12.5. The van der Waals surface area contributed by atoms with Crippen molar-refractivity contribution in [2.45, 2.75) is 59.7 Å². The van der Waals surface area contributed by atoms with Crippen LogP contribution in [0.4, 0.5) is 17.1 Å². The first kappa shape index (κ1) is 14.7. The summed E-state index contributed by atoms with van der Waals surface area (Å²) in [6.07, 6.45) is 0. The fourth-order valence-corrected chi connectivity index (χ4v) is 1.88. The minimum Gasteiger partial charge on any atom is -0.383 e. The number of hydrogen-bond donors (Lipinski definition) is 3. The predicted molar refractivity (Wildman–Crippen MR) is 82.7 cm³/mol. The molecule has 0 unspecified atom stereocenters. The Hall–Kier alpha value is -1.38. The first-order valence-corrected chi connectivity index (χ1v) is 6.81. The van der Waals surface area contributed by atoms with Gasteiger partial charge in [0.2, 0.25) is 0 Å². The van der Waals surface area contributed by atoms with Crippen LogP contribution in [0.25, 0.3) is 0 Å². The predicted octanol–water partition coefficient (Wildman–Crippen LogP) is 4.15. The molecule has 0 fully saturated rings. The molecular weight excluding hydrogens is 222 g/mol. The highest BCUT2D eigenvalue weighted by Crippen LogP contribution is 2.24. The minimum absolute atomic E-state index is 0.436. The van der Waals surface area contributed by atoms with E-state index in [0.717, 1.165) is 17.1 Å². The summed E-state index contributed by atoms with van der Waals surface area (Å²) in [7, 11) is 0. The Morgan fingerprint density at radius 1 is 0.556 bits per heavy atom. The van der Waals surface area contributed by atoms with E-state index in [0.29, 0.717) is 18.1 Å². The largest absolute Gasteiger partial charge is 0.383 e. The van der Waals surface area contributed by atoms with Crippen molar-refractivity contribution in [3.8, 4) is 0 Å². The summed E-state index contributed by atoms with van der Waals surface area (Å²) < 4.78 is 0. The van der Waals surface area contributed by atoms with Gasteiger partial charge in [0.05, 0.1) is 0 Å². The maximum absolute atomic E-state index is 3.45. The van der Waals surface area contributed by atoms with E-state index < -0.39 is 0 Å². The summed E-state index contributed by atoms with van der Waals surface area (Å²) in [5.74, 6) is 0. The number of benzene rings is 1. The first-order valence-electron chi connectivity index (χ1n) is 6.81. The maximum atomic E-state index is 3.45. The van der Waals surface area contributed by atoms with Crippen molar-refractivity contribution in [2.24, 2.45) is 0 Å². The number of anilines is 3. The van der Waals surface area contributed by atoms with E-state index in [2.05, 4.69) is 75.7 Å². The number of rotatable bonds is 6. The van der Waals surface area contributed by atoms with Gasteiger partial charge in [0.1, 0.15) is 0 Å². The Morgan fingerprint density at radius 2 is 0.778 bits per heavy atom. The van der Waals surface area contributed by atoms with Gasteiger partial charge in [-0.2, -0.15) is 0 Å². The van der Waals surface area contributed by atoms with Crippen LogP contribution in [-0.4, -0.2) is 18.1 Å². The summed E-state index contributed by atoms with van der Waals surface area (Å²) in [5.41, 5.74) is 3.46. The van der Waals surface area contributed by atoms with E-state index in [1.54, 1.807) is 0 Å². The summed E-state index contributed by atoms with van der Waals surface area (Å²) in [6.45, 7) is 12.9. The minimum atomic E-state index is 0.436. The zero-order chi connectivity index (χ0) is 13.7. The fourth-order valence-electron chi connectivity index (χ4n) is 1.88. The smallest absolute Gasteiger partial charge is 0.0383 e. The van der Waals surface area contributed by atoms with Gasteiger partial charge < -0.3 is 16.0 Å². The molecule has 3 nitrogen and oxygen atoms in total. The Kier molecular flexibility index (Phi) is 5.32. The van der Waals surface area contributed by atoms with Gasteiger partial charge in [-0.25, -0.2) is 0 Å². The first-order chi connectivity index (χ1) is 8.36. The molecular formula is C15H27N3. The van der Waals surface area contributed by atoms with Crippen LogP contribution >= 0.6 is 0 Å². The summed E-state index contributed by atoms with van der Waals surface area (Å²) in [6, 6.07) is 7.78. The van der Waals surface area contributed by atoms with Crippen molar-refractivity contribution in [3.05, 3.63) is 18.2 Å². The molecule has 3 N–H and O–H groups in total. The van der Waals surface area contributed by atoms with E-state index in [-0.39, 0.29) is 0 Å². The topological polar surface area (TPSA) is 36.1 Å². The lowest BCUT2D eigenvalue weighted by atomic mass is 10.2. The van der Waals surface area contributed by atoms with E-state index in [9.17, 15) is 0 Å². The second-order valence-electron chi connectivity index (χ2n) is 5.70. The van der Waals surface area contributed by atoms with Crippen LogP contribution in [0.2, 0.25) is 0 Å². The molecule has 1 rings (SSSR count). The fraction of sp³-hybridized carbons (Fsp3) is 0.600. The van der Waals surface area contributed by atoms with Gasteiger partial charge in [0, 0.05) is 35.2 Å². The monoisotopic (exact) mass is 249 g/mol. The lowest BCUT2D eigenvalue weighted by Crippen LogP contribution is -2.14. The Morgan fingerprint density at radius 3 is 0.944 bits per heavy atom. The SMILES string of the molecule is CC(C)Nc1cc(NC(C)C)cc(NC(C)C)c1. The summed E-state index contributed by atoms with van der Waals surface area (Å²) in [4.78, 5) is 0. The van der Waals surface area contributed by atoms with Crippen LogP contribution in [-0.2, 0) is 0 Å². The van der Waals surface area contributed by atoms with Crippen LogP contribution in [0.5, 0.6) is 0 Å². The highest BCUT2D eigenvalue weighted by Gasteiger charge is 2.04. The molecule has 0 saturated heterocycles. The lowest BCUT2D eigenvalue weighted by molar-refractivity contribution is 0.887. The molecule has 0 saturated carbocycles. The van der Waals surface area contributed by atoms with Crippen LogP contribution in [0.1, 0.15) is 41.5 Å². The zero-order valence-corrected chi connectivity index (χ0v) is 12.5. The molecule has 0 aliphatic heterocycles. The van der Waals surface area contributed by atoms with Crippen molar-refractivity contribution in [2.75, 3.05) is 16.0 Å². The van der Waals surface area contributed by atoms with Gasteiger partial charge in [-0.05, 0) is 59.7 Å². The molecule has 0 amide bonds. The van der Waals surface area contributed by atoms with Gasteiger partial charge in [0.25, 0.3) is 0 Å². The number of nitrogens with one attached hydrogen (secondary N) is 3. The van der Waals surface area contributed by atoms with Gasteiger partial charge in [-0.3, -0.25) is 0 Å². The number of hydrogen-bond acceptors (Lipinski definition) is 3. The van der Waals surface area contributed by atoms with Crippen molar-refractivity contribution in [3.63, 3.8) is 0 Å². The average molecular weight is 249 g/mol. The molecule has 0 aromatic heterocycles. The van der Waals surface area contributed by atoms with Crippen molar-refractivity contribution >= 4 is 17.1 Å². The van der Waals surface area contributed by atoms with E-state index >= 15 is 0 Å². The molecule has 0 radical (unpaired) electrons. The van der Waals surface area contributed by atoms with Gasteiger partial charge in [-0.1, -0.05) is 0 Å². The molecule has 0 aliphatic carbocycles. The molecule has 0 atom stereocenters. The molecule has 0 spiro atoms. The lowest BCUT2D eigenvalue weighted by Gasteiger charge is -2.18. The van der Waals surface area contributed by atoms with Gasteiger partial charge in [-0.15, -0.1) is 0 Å². The van der Waals surface area contributed by atoms with Gasteiger partial charge >= 0.3 is 0 Å².